The standard InChI is InChI=1S/C16H19NO6.Na/c1-3-22-15(20)12(16(21)23-4-2)10-17-13(14(18)19)11-8-6-5-7-9-11;/h5-10,13,17H,3-4H2,1-2H3,(H,18,19);/q;+1/p-1/t13-;/m1./s1. The molecule has 0 aliphatic carbocycles. The van der Waals surface area contributed by atoms with Crippen LogP contribution in [0.2, 0.25) is 0 Å². The van der Waals surface area contributed by atoms with E-state index in [1.807, 2.05) is 0 Å². The van der Waals surface area contributed by atoms with E-state index in [1.165, 1.54) is 0 Å². The van der Waals surface area contributed by atoms with Gasteiger partial charge in [0.05, 0.1) is 25.2 Å². The second kappa shape index (κ2) is 11.7. The van der Waals surface area contributed by atoms with Gasteiger partial charge in [-0.1, -0.05) is 30.3 Å². The third-order valence-corrected chi connectivity index (χ3v) is 2.75. The molecule has 8 heteroatoms. The van der Waals surface area contributed by atoms with Crippen LogP contribution < -0.4 is 40.0 Å². The number of carboxylic acids is 1. The van der Waals surface area contributed by atoms with Crippen molar-refractivity contribution in [3.05, 3.63) is 47.7 Å². The topological polar surface area (TPSA) is 105 Å². The van der Waals surface area contributed by atoms with Gasteiger partial charge < -0.3 is 24.7 Å². The molecule has 0 aromatic heterocycles. The van der Waals surface area contributed by atoms with Gasteiger partial charge in [-0.2, -0.15) is 0 Å². The zero-order chi connectivity index (χ0) is 17.2. The van der Waals surface area contributed by atoms with Crippen LogP contribution >= 0.6 is 0 Å². The molecule has 0 heterocycles. The van der Waals surface area contributed by atoms with Crippen molar-refractivity contribution in [3.63, 3.8) is 0 Å². The van der Waals surface area contributed by atoms with Crippen LogP contribution in [0.15, 0.2) is 42.1 Å². The summed E-state index contributed by atoms with van der Waals surface area (Å²) in [7, 11) is 0. The third-order valence-electron chi connectivity index (χ3n) is 2.75. The minimum Gasteiger partial charge on any atom is -0.548 e. The summed E-state index contributed by atoms with van der Waals surface area (Å²) in [6, 6.07) is 6.98. The second-order valence-electron chi connectivity index (χ2n) is 4.33. The molecule has 124 valence electrons. The van der Waals surface area contributed by atoms with E-state index in [4.69, 9.17) is 9.47 Å². The number of benzene rings is 1. The molecule has 1 aromatic carbocycles. The Balaban J connectivity index is 0.00000529. The summed E-state index contributed by atoms with van der Waals surface area (Å²) < 4.78 is 9.52. The minimum absolute atomic E-state index is 0. The number of ether oxygens (including phenoxy) is 2. The van der Waals surface area contributed by atoms with Crippen molar-refractivity contribution in [1.82, 2.24) is 5.32 Å². The molecule has 24 heavy (non-hydrogen) atoms. The largest absolute Gasteiger partial charge is 1.00 e. The Hall–Kier alpha value is -1.83. The number of nitrogens with one attached hydrogen (secondary N) is 1. The van der Waals surface area contributed by atoms with Crippen molar-refractivity contribution in [2.24, 2.45) is 0 Å². The van der Waals surface area contributed by atoms with Gasteiger partial charge in [0.2, 0.25) is 0 Å². The molecule has 0 bridgehead atoms. The zero-order valence-corrected chi connectivity index (χ0v) is 15.9. The van der Waals surface area contributed by atoms with Crippen molar-refractivity contribution in [1.29, 1.82) is 0 Å². The molecule has 0 amide bonds. The van der Waals surface area contributed by atoms with Crippen LogP contribution in [0.1, 0.15) is 25.5 Å². The normalized spacial score (nSPS) is 10.6. The SMILES string of the molecule is CCOC(=O)C(=CN[C@@H](C(=O)[O-])c1ccccc1)C(=O)OCC.[Na+]. The van der Waals surface area contributed by atoms with Gasteiger partial charge in [-0.15, -0.1) is 0 Å². The average molecular weight is 343 g/mol. The number of esters is 2. The molecular formula is C16H18NNaO6. The Morgan fingerprint density at radius 3 is 2.00 bits per heavy atom. The van der Waals surface area contributed by atoms with Crippen LogP contribution in [0, 0.1) is 0 Å². The maximum atomic E-state index is 11.8. The summed E-state index contributed by atoms with van der Waals surface area (Å²) in [5.74, 6) is -3.20. The van der Waals surface area contributed by atoms with Crippen molar-refractivity contribution in [2.75, 3.05) is 13.2 Å². The van der Waals surface area contributed by atoms with E-state index in [0.29, 0.717) is 5.56 Å². The number of hydrogen-bond acceptors (Lipinski definition) is 7. The van der Waals surface area contributed by atoms with E-state index in [9.17, 15) is 19.5 Å². The van der Waals surface area contributed by atoms with Crippen molar-refractivity contribution in [3.8, 4) is 0 Å². The van der Waals surface area contributed by atoms with E-state index in [0.717, 1.165) is 6.20 Å². The van der Waals surface area contributed by atoms with Gasteiger partial charge in [-0.3, -0.25) is 0 Å². The Kier molecular flexibility index (Phi) is 10.8. The average Bonchev–Trinajstić information content (AvgIpc) is 2.52. The van der Waals surface area contributed by atoms with Crippen molar-refractivity contribution < 1.29 is 58.5 Å². The molecule has 0 unspecified atom stereocenters. The second-order valence-corrected chi connectivity index (χ2v) is 4.33. The fraction of sp³-hybridized carbons (Fsp3) is 0.312. The van der Waals surface area contributed by atoms with Gasteiger partial charge in [0, 0.05) is 6.20 Å². The van der Waals surface area contributed by atoms with Crippen LogP contribution in [0.5, 0.6) is 0 Å². The molecule has 0 fully saturated rings. The summed E-state index contributed by atoms with van der Waals surface area (Å²) in [5.41, 5.74) is -0.00769. The van der Waals surface area contributed by atoms with E-state index in [1.54, 1.807) is 44.2 Å². The predicted octanol–water partition coefficient (Wildman–Crippen LogP) is -2.92. The summed E-state index contributed by atoms with van der Waals surface area (Å²) >= 11 is 0. The zero-order valence-electron chi connectivity index (χ0n) is 13.9. The molecule has 0 aliphatic rings. The van der Waals surface area contributed by atoms with Gasteiger partial charge in [0.15, 0.2) is 5.57 Å². The van der Waals surface area contributed by atoms with E-state index in [-0.39, 0.29) is 42.8 Å². The molecule has 1 rings (SSSR count). The van der Waals surface area contributed by atoms with Crippen molar-refractivity contribution in [2.45, 2.75) is 19.9 Å². The molecule has 0 spiro atoms. The molecular weight excluding hydrogens is 325 g/mol. The van der Waals surface area contributed by atoms with Crippen molar-refractivity contribution >= 4 is 17.9 Å². The third kappa shape index (κ3) is 6.74. The first kappa shape index (κ1) is 22.2. The molecule has 1 N–H and O–H groups in total. The first-order valence-corrected chi connectivity index (χ1v) is 7.07. The Morgan fingerprint density at radius 2 is 1.58 bits per heavy atom. The maximum Gasteiger partial charge on any atom is 1.00 e. The first-order valence-electron chi connectivity index (χ1n) is 7.07. The fourth-order valence-electron chi connectivity index (χ4n) is 1.73. The smallest absolute Gasteiger partial charge is 0.548 e. The molecule has 0 radical (unpaired) electrons. The monoisotopic (exact) mass is 343 g/mol. The molecule has 1 atom stereocenters. The van der Waals surface area contributed by atoms with Gasteiger partial charge in [0.25, 0.3) is 0 Å². The van der Waals surface area contributed by atoms with Gasteiger partial charge in [0.1, 0.15) is 0 Å². The number of rotatable bonds is 8. The molecule has 0 aliphatic heterocycles. The quantitative estimate of drug-likeness (QED) is 0.177. The Bertz CT molecular complexity index is 567. The van der Waals surface area contributed by atoms with E-state index >= 15 is 0 Å². The Morgan fingerprint density at radius 1 is 1.08 bits per heavy atom. The summed E-state index contributed by atoms with van der Waals surface area (Å²) in [4.78, 5) is 34.8. The summed E-state index contributed by atoms with van der Waals surface area (Å²) in [6.07, 6.45) is 0.976. The van der Waals surface area contributed by atoms with Crippen LogP contribution in [0.4, 0.5) is 0 Å². The van der Waals surface area contributed by atoms with Gasteiger partial charge >= 0.3 is 41.5 Å². The van der Waals surface area contributed by atoms with E-state index in [2.05, 4.69) is 5.32 Å². The molecule has 0 saturated carbocycles. The maximum absolute atomic E-state index is 11.8. The number of carbonyl (C=O) groups excluding carboxylic acids is 3. The van der Waals surface area contributed by atoms with E-state index < -0.39 is 29.5 Å². The van der Waals surface area contributed by atoms with Crippen LogP contribution in [-0.2, 0) is 23.9 Å². The molecule has 1 aromatic rings. The fourth-order valence-corrected chi connectivity index (χ4v) is 1.73. The van der Waals surface area contributed by atoms with Crippen LogP contribution in [0.25, 0.3) is 0 Å². The summed E-state index contributed by atoms with van der Waals surface area (Å²) in [6.45, 7) is 3.31. The number of hydrogen-bond donors (Lipinski definition) is 1. The van der Waals surface area contributed by atoms with Gasteiger partial charge in [-0.25, -0.2) is 9.59 Å². The molecule has 0 saturated heterocycles. The number of carbonyl (C=O) groups is 3. The number of carboxylic acid groups (broad SMARTS) is 1. The number of aliphatic carboxylic acids is 1. The van der Waals surface area contributed by atoms with Gasteiger partial charge in [-0.05, 0) is 19.4 Å². The van der Waals surface area contributed by atoms with Crippen LogP contribution in [0.3, 0.4) is 0 Å². The first-order chi connectivity index (χ1) is 11.0. The minimum atomic E-state index is -1.40. The predicted molar refractivity (Wildman–Crippen MR) is 78.7 cm³/mol. The summed E-state index contributed by atoms with van der Waals surface area (Å²) in [5, 5.41) is 13.8. The Labute approximate surface area is 162 Å². The van der Waals surface area contributed by atoms with Crippen LogP contribution in [-0.4, -0.2) is 31.1 Å². The molecule has 7 nitrogen and oxygen atoms in total.